The molecule has 10 N–H and O–H groups in total. The van der Waals surface area contributed by atoms with Gasteiger partial charge in [0.25, 0.3) is 0 Å². The zero-order valence-electron chi connectivity index (χ0n) is 23.6. The number of nitrogens with two attached hydrogens (primary N) is 3. The van der Waals surface area contributed by atoms with Crippen LogP contribution < -0.4 is 27.8 Å². The van der Waals surface area contributed by atoms with Crippen molar-refractivity contribution >= 4 is 40.6 Å². The molecule has 224 valence electrons. The third-order valence-electron chi connectivity index (χ3n) is 7.63. The van der Waals surface area contributed by atoms with E-state index in [-0.39, 0.29) is 24.2 Å². The van der Waals surface area contributed by atoms with E-state index in [1.165, 1.54) is 4.90 Å². The minimum Gasteiger partial charge on any atom is -0.480 e. The number of rotatable bonds is 14. The zero-order valence-corrected chi connectivity index (χ0v) is 23.6. The topological polar surface area (TPSA) is 222 Å². The van der Waals surface area contributed by atoms with Gasteiger partial charge in [-0.15, -0.1) is 0 Å². The van der Waals surface area contributed by atoms with Gasteiger partial charge in [0.1, 0.15) is 18.1 Å². The Morgan fingerprint density at radius 3 is 2.61 bits per heavy atom. The lowest BCUT2D eigenvalue weighted by atomic mass is 9.96. The highest BCUT2D eigenvalue weighted by atomic mass is 16.4. The van der Waals surface area contributed by atoms with Crippen molar-refractivity contribution in [1.82, 2.24) is 20.5 Å². The SMILES string of the molecule is CCC(C)C(NC(=O)C(N)CCCN=C(N)N)C(=O)N1CCCC1C(=O)NC(Cc1c[nH]c2ccccc12)C(=O)O. The zero-order chi connectivity index (χ0) is 30.1. The Labute approximate surface area is 239 Å². The number of carbonyl (C=O) groups excluding carboxylic acids is 3. The standard InChI is InChI=1S/C28H42N8O5/c1-3-16(2)23(35-24(37)19(29)9-6-12-32-28(30)31)26(39)36-13-7-11-22(36)25(38)34-21(27(40)41)14-17-15-33-20-10-5-4-8-18(17)20/h4-5,8,10,15-16,19,21-23,33H,3,6-7,9,11-14,29H2,1-2H3,(H,34,38)(H,35,37)(H,40,41)(H4,30,31,32). The van der Waals surface area contributed by atoms with E-state index < -0.39 is 42.0 Å². The van der Waals surface area contributed by atoms with Crippen LogP contribution in [0.1, 0.15) is 51.5 Å². The molecule has 1 aromatic carbocycles. The maximum absolute atomic E-state index is 13.7. The molecule has 3 rings (SSSR count). The molecular formula is C28H42N8O5. The van der Waals surface area contributed by atoms with Crippen LogP contribution in [-0.2, 0) is 25.6 Å². The number of nitrogens with zero attached hydrogens (tertiary/aromatic N) is 2. The Morgan fingerprint density at radius 1 is 1.20 bits per heavy atom. The lowest BCUT2D eigenvalue weighted by molar-refractivity contribution is -0.145. The van der Waals surface area contributed by atoms with Gasteiger partial charge in [-0.05, 0) is 43.2 Å². The smallest absolute Gasteiger partial charge is 0.326 e. The number of para-hydroxylation sites is 1. The molecule has 1 fully saturated rings. The minimum atomic E-state index is -1.18. The van der Waals surface area contributed by atoms with Crippen molar-refractivity contribution in [3.8, 4) is 0 Å². The van der Waals surface area contributed by atoms with E-state index >= 15 is 0 Å². The Bertz CT molecular complexity index is 1260. The van der Waals surface area contributed by atoms with Gasteiger partial charge >= 0.3 is 5.97 Å². The van der Waals surface area contributed by atoms with Gasteiger partial charge in [0.2, 0.25) is 17.7 Å². The molecule has 1 aliphatic heterocycles. The van der Waals surface area contributed by atoms with Gasteiger partial charge in [-0.25, -0.2) is 4.79 Å². The summed E-state index contributed by atoms with van der Waals surface area (Å²) >= 11 is 0. The summed E-state index contributed by atoms with van der Waals surface area (Å²) < 4.78 is 0. The second kappa shape index (κ2) is 14.5. The summed E-state index contributed by atoms with van der Waals surface area (Å²) in [5, 5.41) is 16.2. The number of aromatic amines is 1. The second-order valence-corrected chi connectivity index (χ2v) is 10.6. The summed E-state index contributed by atoms with van der Waals surface area (Å²) in [4.78, 5) is 60.4. The van der Waals surface area contributed by atoms with Gasteiger partial charge in [-0.2, -0.15) is 0 Å². The number of aromatic nitrogens is 1. The molecule has 0 saturated carbocycles. The number of carboxylic acid groups (broad SMARTS) is 1. The van der Waals surface area contributed by atoms with Crippen molar-refractivity contribution in [3.63, 3.8) is 0 Å². The second-order valence-electron chi connectivity index (χ2n) is 10.6. The van der Waals surface area contributed by atoms with Crippen LogP contribution in [0.3, 0.4) is 0 Å². The third kappa shape index (κ3) is 8.19. The molecule has 13 nitrogen and oxygen atoms in total. The Hall–Kier alpha value is -4.13. The fourth-order valence-electron chi connectivity index (χ4n) is 5.06. The number of fused-ring (bicyclic) bond motifs is 1. The van der Waals surface area contributed by atoms with E-state index in [4.69, 9.17) is 17.2 Å². The third-order valence-corrected chi connectivity index (χ3v) is 7.63. The summed E-state index contributed by atoms with van der Waals surface area (Å²) in [5.41, 5.74) is 18.3. The summed E-state index contributed by atoms with van der Waals surface area (Å²) in [6, 6.07) is 3.75. The molecule has 0 radical (unpaired) electrons. The lowest BCUT2D eigenvalue weighted by Crippen LogP contribution is -2.58. The highest BCUT2D eigenvalue weighted by Crippen LogP contribution is 2.23. The molecule has 13 heteroatoms. The molecule has 1 saturated heterocycles. The fraction of sp³-hybridized carbons (Fsp3) is 0.536. The van der Waals surface area contributed by atoms with E-state index in [9.17, 15) is 24.3 Å². The Balaban J connectivity index is 1.68. The van der Waals surface area contributed by atoms with Crippen molar-refractivity contribution in [2.75, 3.05) is 13.1 Å². The fourth-order valence-corrected chi connectivity index (χ4v) is 5.06. The maximum atomic E-state index is 13.7. The largest absolute Gasteiger partial charge is 0.480 e. The number of H-pyrrole nitrogens is 1. The number of nitrogens with one attached hydrogen (secondary N) is 3. The van der Waals surface area contributed by atoms with Crippen molar-refractivity contribution in [1.29, 1.82) is 0 Å². The number of benzene rings is 1. The quantitative estimate of drug-likeness (QED) is 0.0940. The number of aliphatic carboxylic acids is 1. The monoisotopic (exact) mass is 570 g/mol. The van der Waals surface area contributed by atoms with Crippen molar-refractivity contribution in [2.24, 2.45) is 28.1 Å². The molecule has 0 spiro atoms. The van der Waals surface area contributed by atoms with Crippen LogP contribution in [0.2, 0.25) is 0 Å². The van der Waals surface area contributed by atoms with Crippen LogP contribution in [0.5, 0.6) is 0 Å². The van der Waals surface area contributed by atoms with Crippen molar-refractivity contribution in [3.05, 3.63) is 36.0 Å². The Kier molecular flexibility index (Phi) is 11.1. The molecule has 5 unspecified atom stereocenters. The van der Waals surface area contributed by atoms with Crippen LogP contribution in [-0.4, -0.2) is 81.9 Å². The predicted molar refractivity (Wildman–Crippen MR) is 156 cm³/mol. The highest BCUT2D eigenvalue weighted by molar-refractivity contribution is 5.95. The summed E-state index contributed by atoms with van der Waals surface area (Å²) in [5.74, 6) is -2.83. The first-order chi connectivity index (χ1) is 19.5. The number of hydrogen-bond donors (Lipinski definition) is 7. The average molecular weight is 571 g/mol. The minimum absolute atomic E-state index is 0.0395. The lowest BCUT2D eigenvalue weighted by Gasteiger charge is -2.32. The van der Waals surface area contributed by atoms with Gasteiger partial charge in [-0.3, -0.25) is 19.4 Å². The van der Waals surface area contributed by atoms with Crippen LogP contribution in [0.15, 0.2) is 35.5 Å². The molecule has 1 aromatic heterocycles. The molecule has 5 atom stereocenters. The molecule has 1 aliphatic rings. The summed E-state index contributed by atoms with van der Waals surface area (Å²) in [7, 11) is 0. The number of carbonyl (C=O) groups is 4. The van der Waals surface area contributed by atoms with E-state index in [0.29, 0.717) is 45.2 Å². The van der Waals surface area contributed by atoms with E-state index in [0.717, 1.165) is 16.5 Å². The van der Waals surface area contributed by atoms with E-state index in [1.54, 1.807) is 6.20 Å². The number of guanidine groups is 1. The first-order valence-electron chi connectivity index (χ1n) is 14.0. The van der Waals surface area contributed by atoms with Gasteiger partial charge in [-0.1, -0.05) is 38.5 Å². The predicted octanol–water partition coefficient (Wildman–Crippen LogP) is 0.183. The van der Waals surface area contributed by atoms with Crippen LogP contribution in [0.4, 0.5) is 0 Å². The normalized spacial score (nSPS) is 17.8. The van der Waals surface area contributed by atoms with Crippen LogP contribution >= 0.6 is 0 Å². The number of aliphatic imine (C=N–C) groups is 1. The summed E-state index contributed by atoms with van der Waals surface area (Å²) in [6.45, 7) is 4.41. The molecule has 2 heterocycles. The molecule has 0 aliphatic carbocycles. The first-order valence-corrected chi connectivity index (χ1v) is 14.0. The summed E-state index contributed by atoms with van der Waals surface area (Å²) in [6.07, 6.45) is 4.21. The molecule has 2 aromatic rings. The van der Waals surface area contributed by atoms with Crippen molar-refractivity contribution < 1.29 is 24.3 Å². The molecule has 0 bridgehead atoms. The molecular weight excluding hydrogens is 528 g/mol. The van der Waals surface area contributed by atoms with E-state index in [1.807, 2.05) is 38.1 Å². The van der Waals surface area contributed by atoms with Gasteiger partial charge in [0, 0.05) is 36.6 Å². The average Bonchev–Trinajstić information content (AvgIpc) is 3.60. The van der Waals surface area contributed by atoms with E-state index in [2.05, 4.69) is 20.6 Å². The van der Waals surface area contributed by atoms with Crippen LogP contribution in [0.25, 0.3) is 10.9 Å². The van der Waals surface area contributed by atoms with Gasteiger partial charge in [0.15, 0.2) is 5.96 Å². The highest BCUT2D eigenvalue weighted by Gasteiger charge is 2.40. The van der Waals surface area contributed by atoms with Gasteiger partial charge < -0.3 is 42.8 Å². The number of carboxylic acids is 1. The Morgan fingerprint density at radius 2 is 1.93 bits per heavy atom. The maximum Gasteiger partial charge on any atom is 0.326 e. The number of amides is 3. The number of hydrogen-bond acceptors (Lipinski definition) is 6. The molecule has 3 amide bonds. The van der Waals surface area contributed by atoms with Crippen LogP contribution in [0, 0.1) is 5.92 Å². The van der Waals surface area contributed by atoms with Crippen molar-refractivity contribution in [2.45, 2.75) is 76.5 Å². The first kappa shape index (κ1) is 31.4. The molecule has 41 heavy (non-hydrogen) atoms. The number of likely N-dealkylation sites (tertiary alicyclic amines) is 1. The van der Waals surface area contributed by atoms with Gasteiger partial charge in [0.05, 0.1) is 6.04 Å².